The lowest BCUT2D eigenvalue weighted by atomic mass is 10.0. The maximum Gasteiger partial charge on any atom is 0.416 e. The second-order valence-corrected chi connectivity index (χ2v) is 10.1. The smallest absolute Gasteiger partial charge is 0.351 e. The van der Waals surface area contributed by atoms with Crippen LogP contribution in [0.15, 0.2) is 54.6 Å². The quantitative estimate of drug-likeness (QED) is 0.279. The number of hydrogen-bond acceptors (Lipinski definition) is 3. The minimum absolute atomic E-state index is 0.0316. The average molecular weight is 590 g/mol. The third-order valence-corrected chi connectivity index (χ3v) is 6.91. The number of nitrogens with one attached hydrogen (secondary N) is 1. The van der Waals surface area contributed by atoms with Crippen molar-refractivity contribution in [1.82, 2.24) is 15.1 Å². The lowest BCUT2D eigenvalue weighted by Gasteiger charge is -2.27. The molecule has 40 heavy (non-hydrogen) atoms. The molecule has 1 fully saturated rings. The van der Waals surface area contributed by atoms with Gasteiger partial charge >= 0.3 is 12.4 Å². The Morgan fingerprint density at radius 3 is 2.10 bits per heavy atom. The van der Waals surface area contributed by atoms with Crippen LogP contribution in [0.1, 0.15) is 46.3 Å². The Bertz CT molecular complexity index is 1160. The first-order chi connectivity index (χ1) is 18.7. The van der Waals surface area contributed by atoms with E-state index in [1.165, 1.54) is 25.6 Å². The van der Waals surface area contributed by atoms with E-state index in [9.17, 15) is 35.9 Å². The molecule has 0 saturated carbocycles. The fourth-order valence-electron chi connectivity index (χ4n) is 4.41. The second-order valence-electron chi connectivity index (χ2n) is 9.66. The van der Waals surface area contributed by atoms with Crippen LogP contribution in [0.5, 0.6) is 0 Å². The zero-order chi connectivity index (χ0) is 29.5. The van der Waals surface area contributed by atoms with Gasteiger partial charge in [-0.15, -0.1) is 0 Å². The maximum atomic E-state index is 13.3. The van der Waals surface area contributed by atoms with Crippen molar-refractivity contribution in [2.24, 2.45) is 0 Å². The third kappa shape index (κ3) is 9.26. The zero-order valence-corrected chi connectivity index (χ0v) is 22.5. The number of nitrogens with zero attached hydrogens (tertiary/aromatic N) is 2. The zero-order valence-electron chi connectivity index (χ0n) is 21.8. The molecule has 12 heteroatoms. The normalized spacial score (nSPS) is 15.7. The lowest BCUT2D eigenvalue weighted by molar-refractivity contribution is -0.143. The molecule has 1 atom stereocenters. The predicted octanol–water partition coefficient (Wildman–Crippen LogP) is 6.22. The van der Waals surface area contributed by atoms with Gasteiger partial charge in [-0.2, -0.15) is 26.3 Å². The van der Waals surface area contributed by atoms with Crippen molar-refractivity contribution in [2.45, 2.75) is 44.1 Å². The molecule has 1 heterocycles. The van der Waals surface area contributed by atoms with Crippen LogP contribution in [0.3, 0.4) is 0 Å². The molecule has 0 aromatic heterocycles. The summed E-state index contributed by atoms with van der Waals surface area (Å²) >= 11 is 5.93. The summed E-state index contributed by atoms with van der Waals surface area (Å²) in [4.78, 5) is 28.9. The number of likely N-dealkylation sites (tertiary alicyclic amines) is 1. The summed E-state index contributed by atoms with van der Waals surface area (Å²) < 4.78 is 80.1. The Hall–Kier alpha value is -3.05. The summed E-state index contributed by atoms with van der Waals surface area (Å²) in [6.45, 7) is 3.02. The van der Waals surface area contributed by atoms with Gasteiger partial charge in [0.1, 0.15) is 0 Å². The predicted molar refractivity (Wildman–Crippen MR) is 140 cm³/mol. The molecule has 0 unspecified atom stereocenters. The molecule has 5 nitrogen and oxygen atoms in total. The van der Waals surface area contributed by atoms with E-state index in [-0.39, 0.29) is 12.5 Å². The Balaban J connectivity index is 1.82. The van der Waals surface area contributed by atoms with Gasteiger partial charge in [-0.1, -0.05) is 36.2 Å². The van der Waals surface area contributed by atoms with E-state index in [1.54, 1.807) is 24.3 Å². The van der Waals surface area contributed by atoms with Gasteiger partial charge in [0.05, 0.1) is 17.2 Å². The first-order valence-electron chi connectivity index (χ1n) is 12.7. The number of piperidine rings is 1. The van der Waals surface area contributed by atoms with Crippen LogP contribution in [0.4, 0.5) is 26.3 Å². The van der Waals surface area contributed by atoms with Gasteiger partial charge in [0, 0.05) is 36.8 Å². The van der Waals surface area contributed by atoms with Crippen LogP contribution in [0, 0.1) is 0 Å². The van der Waals surface area contributed by atoms with E-state index >= 15 is 0 Å². The molecule has 2 amide bonds. The van der Waals surface area contributed by atoms with Crippen molar-refractivity contribution in [3.63, 3.8) is 0 Å². The van der Waals surface area contributed by atoms with E-state index in [1.807, 2.05) is 0 Å². The van der Waals surface area contributed by atoms with Crippen LogP contribution in [0.2, 0.25) is 5.02 Å². The molecule has 0 radical (unpaired) electrons. The number of benzene rings is 2. The number of carbonyl (C=O) groups excluding carboxylic acids is 2. The minimum Gasteiger partial charge on any atom is -0.351 e. The summed E-state index contributed by atoms with van der Waals surface area (Å²) in [7, 11) is 1.26. The topological polar surface area (TPSA) is 52.7 Å². The summed E-state index contributed by atoms with van der Waals surface area (Å²) in [5.74, 6) is -1.50. The third-order valence-electron chi connectivity index (χ3n) is 6.66. The molecule has 1 N–H and O–H groups in total. The van der Waals surface area contributed by atoms with Gasteiger partial charge in [0.25, 0.3) is 5.91 Å². The molecule has 2 aromatic rings. The molecule has 0 spiro atoms. The Morgan fingerprint density at radius 2 is 1.55 bits per heavy atom. The van der Waals surface area contributed by atoms with E-state index in [0.717, 1.165) is 30.8 Å². The lowest BCUT2D eigenvalue weighted by Crippen LogP contribution is -2.39. The highest BCUT2D eigenvalue weighted by Gasteiger charge is 2.38. The average Bonchev–Trinajstić information content (AvgIpc) is 2.90. The van der Waals surface area contributed by atoms with E-state index in [4.69, 9.17) is 11.6 Å². The number of hydrogen-bond donors (Lipinski definition) is 1. The number of rotatable bonds is 9. The minimum atomic E-state index is -5.09. The number of alkyl halides is 6. The van der Waals surface area contributed by atoms with Crippen molar-refractivity contribution < 1.29 is 35.9 Å². The highest BCUT2D eigenvalue weighted by atomic mass is 35.5. The maximum absolute atomic E-state index is 13.3. The van der Waals surface area contributed by atoms with Crippen molar-refractivity contribution in [1.29, 1.82) is 0 Å². The van der Waals surface area contributed by atoms with Gasteiger partial charge < -0.3 is 15.1 Å². The molecule has 2 aromatic carbocycles. The van der Waals surface area contributed by atoms with Crippen molar-refractivity contribution in [2.75, 3.05) is 33.2 Å². The molecular weight excluding hydrogens is 560 g/mol. The van der Waals surface area contributed by atoms with Crippen LogP contribution in [-0.2, 0) is 23.6 Å². The molecular formula is C28H30ClF6N3O2. The molecule has 218 valence electrons. The SMILES string of the molecule is CN(C(=O)c1cc(C(F)(F)F)cc(C(F)(F)F)c1)[C@@H](/C=C/C(=O)NCCN1CCCCC1)Cc1ccc(Cl)cc1. The standard InChI is InChI=1S/C28H30ClF6N3O2/c1-37(26(40)20-16-21(27(30,31)32)18-22(17-20)28(33,34)35)24(15-19-5-7-23(29)8-6-19)9-10-25(39)36-11-14-38-12-3-2-4-13-38/h5-10,16-18,24H,2-4,11-15H2,1H3,(H,36,39)/b10-9+/t24-/m0/s1. The largest absolute Gasteiger partial charge is 0.416 e. The van der Waals surface area contributed by atoms with Gasteiger partial charge in [0.15, 0.2) is 0 Å². The Morgan fingerprint density at radius 1 is 0.975 bits per heavy atom. The first-order valence-corrected chi connectivity index (χ1v) is 13.1. The molecule has 0 aliphatic carbocycles. The first kappa shape index (κ1) is 31.5. The molecule has 0 bridgehead atoms. The van der Waals surface area contributed by atoms with Gasteiger partial charge in [-0.3, -0.25) is 9.59 Å². The van der Waals surface area contributed by atoms with Crippen LogP contribution < -0.4 is 5.32 Å². The van der Waals surface area contributed by atoms with Crippen LogP contribution in [0.25, 0.3) is 0 Å². The van der Waals surface area contributed by atoms with E-state index in [0.29, 0.717) is 35.8 Å². The van der Waals surface area contributed by atoms with Gasteiger partial charge in [-0.25, -0.2) is 0 Å². The summed E-state index contributed by atoms with van der Waals surface area (Å²) in [5, 5.41) is 3.22. The molecule has 1 saturated heterocycles. The molecule has 1 aliphatic rings. The van der Waals surface area contributed by atoms with E-state index in [2.05, 4.69) is 10.2 Å². The molecule has 3 rings (SSSR count). The van der Waals surface area contributed by atoms with Gasteiger partial charge in [-0.05, 0) is 68.2 Å². The molecule has 1 aliphatic heterocycles. The van der Waals surface area contributed by atoms with Crippen molar-refractivity contribution >= 4 is 23.4 Å². The van der Waals surface area contributed by atoms with E-state index < -0.39 is 46.9 Å². The highest BCUT2D eigenvalue weighted by molar-refractivity contribution is 6.30. The van der Waals surface area contributed by atoms with Crippen LogP contribution >= 0.6 is 11.6 Å². The summed E-state index contributed by atoms with van der Waals surface area (Å²) in [6, 6.07) is 6.44. The monoisotopic (exact) mass is 589 g/mol. The number of halogens is 7. The van der Waals surface area contributed by atoms with Crippen molar-refractivity contribution in [3.8, 4) is 0 Å². The number of carbonyl (C=O) groups is 2. The second kappa shape index (κ2) is 13.5. The number of likely N-dealkylation sites (N-methyl/N-ethyl adjacent to an activating group) is 1. The van der Waals surface area contributed by atoms with Crippen molar-refractivity contribution in [3.05, 3.63) is 81.9 Å². The van der Waals surface area contributed by atoms with Gasteiger partial charge in [0.2, 0.25) is 5.91 Å². The fourth-order valence-corrected chi connectivity index (χ4v) is 4.53. The van der Waals surface area contributed by atoms with Crippen LogP contribution in [-0.4, -0.2) is 60.9 Å². The Labute approximate surface area is 233 Å². The summed E-state index contributed by atoms with van der Waals surface area (Å²) in [6.07, 6.45) is -4.04. The fraction of sp³-hybridized carbons (Fsp3) is 0.429. The highest BCUT2D eigenvalue weighted by Crippen LogP contribution is 2.36. The number of amides is 2. The summed E-state index contributed by atoms with van der Waals surface area (Å²) in [5.41, 5.74) is -3.26. The Kier molecular flexibility index (Phi) is 10.7.